The maximum absolute atomic E-state index is 12.7. The van der Waals surface area contributed by atoms with Crippen molar-refractivity contribution in [3.63, 3.8) is 0 Å². The molecule has 2 fully saturated rings. The predicted octanol–water partition coefficient (Wildman–Crippen LogP) is 0.347. The highest BCUT2D eigenvalue weighted by atomic mass is 32.2. The molecule has 2 saturated heterocycles. The van der Waals surface area contributed by atoms with Crippen molar-refractivity contribution in [3.8, 4) is 5.75 Å². The Morgan fingerprint density at radius 3 is 2.95 bits per heavy atom. The summed E-state index contributed by atoms with van der Waals surface area (Å²) in [6.07, 6.45) is 0.910. The van der Waals surface area contributed by atoms with Crippen molar-refractivity contribution in [1.82, 2.24) is 9.62 Å². The molecule has 1 aromatic carbocycles. The number of ether oxygens (including phenoxy) is 1. The lowest BCUT2D eigenvalue weighted by Gasteiger charge is -2.22. The molecular formula is C13H16N2O4S. The van der Waals surface area contributed by atoms with Crippen LogP contribution in [0, 0.1) is 0 Å². The van der Waals surface area contributed by atoms with Gasteiger partial charge in [0.1, 0.15) is 5.75 Å². The normalized spacial score (nSPS) is 26.4. The molecule has 108 valence electrons. The molecule has 7 heteroatoms. The lowest BCUT2D eigenvalue weighted by molar-refractivity contribution is -0.119. The van der Waals surface area contributed by atoms with Gasteiger partial charge in [0.25, 0.3) is 0 Å². The Hall–Kier alpha value is -1.60. The van der Waals surface area contributed by atoms with E-state index in [-0.39, 0.29) is 29.3 Å². The Morgan fingerprint density at radius 1 is 1.40 bits per heavy atom. The Labute approximate surface area is 117 Å². The molecule has 2 heterocycles. The van der Waals surface area contributed by atoms with Gasteiger partial charge < -0.3 is 10.1 Å². The highest BCUT2D eigenvalue weighted by molar-refractivity contribution is 7.89. The summed E-state index contributed by atoms with van der Waals surface area (Å²) in [5, 5.41) is 2.82. The number of methoxy groups -OCH3 is 1. The van der Waals surface area contributed by atoms with Crippen LogP contribution >= 0.6 is 0 Å². The number of nitrogens with zero attached hydrogens (tertiary/aromatic N) is 1. The maximum Gasteiger partial charge on any atom is 0.243 e. The van der Waals surface area contributed by atoms with Gasteiger partial charge in [-0.3, -0.25) is 4.79 Å². The minimum atomic E-state index is -3.59. The smallest absolute Gasteiger partial charge is 0.243 e. The molecule has 1 amide bonds. The molecule has 0 radical (unpaired) electrons. The van der Waals surface area contributed by atoms with Crippen LogP contribution in [0.3, 0.4) is 0 Å². The number of benzene rings is 1. The molecule has 0 saturated carbocycles. The fourth-order valence-corrected chi connectivity index (χ4v) is 4.60. The van der Waals surface area contributed by atoms with Gasteiger partial charge in [0.2, 0.25) is 15.9 Å². The Bertz CT molecular complexity index is 644. The molecule has 6 nitrogen and oxygen atoms in total. The summed E-state index contributed by atoms with van der Waals surface area (Å²) in [7, 11) is -2.09. The fraction of sp³-hybridized carbons (Fsp3) is 0.462. The number of hydrogen-bond donors (Lipinski definition) is 1. The zero-order valence-electron chi connectivity index (χ0n) is 11.1. The number of amides is 1. The quantitative estimate of drug-likeness (QED) is 0.873. The van der Waals surface area contributed by atoms with Gasteiger partial charge in [0, 0.05) is 25.1 Å². The van der Waals surface area contributed by atoms with Crippen LogP contribution in [0.4, 0.5) is 0 Å². The first-order valence-corrected chi connectivity index (χ1v) is 7.91. The first-order chi connectivity index (χ1) is 9.52. The van der Waals surface area contributed by atoms with Crippen molar-refractivity contribution in [2.75, 3.05) is 13.7 Å². The van der Waals surface area contributed by atoms with Crippen LogP contribution in [0.2, 0.25) is 0 Å². The number of rotatable bonds is 3. The van der Waals surface area contributed by atoms with Crippen molar-refractivity contribution in [2.45, 2.75) is 29.8 Å². The van der Waals surface area contributed by atoms with Crippen molar-refractivity contribution >= 4 is 15.9 Å². The van der Waals surface area contributed by atoms with E-state index in [9.17, 15) is 13.2 Å². The van der Waals surface area contributed by atoms with Crippen molar-refractivity contribution < 1.29 is 17.9 Å². The third-order valence-electron chi connectivity index (χ3n) is 3.88. The fourth-order valence-electron chi connectivity index (χ4n) is 2.89. The van der Waals surface area contributed by atoms with Crippen LogP contribution in [0.25, 0.3) is 0 Å². The third-order valence-corrected chi connectivity index (χ3v) is 5.80. The average Bonchev–Trinajstić information content (AvgIpc) is 2.97. The Morgan fingerprint density at radius 2 is 2.20 bits per heavy atom. The number of carbonyl (C=O) groups excluding carboxylic acids is 1. The second-order valence-electron chi connectivity index (χ2n) is 5.03. The summed E-state index contributed by atoms with van der Waals surface area (Å²) < 4.78 is 31.9. The van der Waals surface area contributed by atoms with Gasteiger partial charge in [-0.2, -0.15) is 4.31 Å². The first-order valence-electron chi connectivity index (χ1n) is 6.47. The van der Waals surface area contributed by atoms with E-state index in [1.807, 2.05) is 0 Å². The molecule has 2 aliphatic rings. The van der Waals surface area contributed by atoms with E-state index in [1.54, 1.807) is 18.2 Å². The summed E-state index contributed by atoms with van der Waals surface area (Å²) in [5.41, 5.74) is 0. The van der Waals surface area contributed by atoms with Crippen LogP contribution in [-0.4, -0.2) is 44.4 Å². The van der Waals surface area contributed by atoms with Gasteiger partial charge in [0.15, 0.2) is 0 Å². The summed E-state index contributed by atoms with van der Waals surface area (Å²) in [4.78, 5) is 11.6. The summed E-state index contributed by atoms with van der Waals surface area (Å²) in [5.74, 6) is 0.424. The van der Waals surface area contributed by atoms with Gasteiger partial charge in [-0.05, 0) is 18.6 Å². The molecule has 3 rings (SSSR count). The molecule has 2 unspecified atom stereocenters. The van der Waals surface area contributed by atoms with Gasteiger partial charge in [-0.1, -0.05) is 6.07 Å². The van der Waals surface area contributed by atoms with Crippen molar-refractivity contribution in [2.24, 2.45) is 0 Å². The SMILES string of the molecule is COc1cccc(S(=O)(=O)N2CCC3NC(=O)CC32)c1. The van der Waals surface area contributed by atoms with Gasteiger partial charge in [-0.15, -0.1) is 0 Å². The zero-order chi connectivity index (χ0) is 14.3. The van der Waals surface area contributed by atoms with Crippen molar-refractivity contribution in [3.05, 3.63) is 24.3 Å². The van der Waals surface area contributed by atoms with Crippen LogP contribution in [0.5, 0.6) is 5.75 Å². The topological polar surface area (TPSA) is 75.7 Å². The van der Waals surface area contributed by atoms with E-state index >= 15 is 0 Å². The number of hydrogen-bond acceptors (Lipinski definition) is 4. The van der Waals surface area contributed by atoms with Gasteiger partial charge >= 0.3 is 0 Å². The molecule has 20 heavy (non-hydrogen) atoms. The average molecular weight is 296 g/mol. The van der Waals surface area contributed by atoms with Crippen LogP contribution < -0.4 is 10.1 Å². The summed E-state index contributed by atoms with van der Waals surface area (Å²) in [6.45, 7) is 0.440. The Balaban J connectivity index is 1.94. The predicted molar refractivity (Wildman–Crippen MR) is 71.8 cm³/mol. The van der Waals surface area contributed by atoms with E-state index < -0.39 is 10.0 Å². The van der Waals surface area contributed by atoms with Crippen LogP contribution in [0.1, 0.15) is 12.8 Å². The number of nitrogens with one attached hydrogen (secondary N) is 1. The molecule has 1 aromatic rings. The second-order valence-corrected chi connectivity index (χ2v) is 6.92. The number of sulfonamides is 1. The maximum atomic E-state index is 12.7. The number of fused-ring (bicyclic) bond motifs is 1. The monoisotopic (exact) mass is 296 g/mol. The van der Waals surface area contributed by atoms with E-state index in [1.165, 1.54) is 17.5 Å². The van der Waals surface area contributed by atoms with Crippen molar-refractivity contribution in [1.29, 1.82) is 0 Å². The van der Waals surface area contributed by atoms with Crippen LogP contribution in [-0.2, 0) is 14.8 Å². The first kappa shape index (κ1) is 13.4. The number of carbonyl (C=O) groups is 1. The minimum Gasteiger partial charge on any atom is -0.497 e. The molecule has 1 N–H and O–H groups in total. The lowest BCUT2D eigenvalue weighted by atomic mass is 10.1. The van der Waals surface area contributed by atoms with Gasteiger partial charge in [0.05, 0.1) is 18.0 Å². The summed E-state index contributed by atoms with van der Waals surface area (Å²) >= 11 is 0. The highest BCUT2D eigenvalue weighted by Crippen LogP contribution is 2.32. The molecule has 0 aliphatic carbocycles. The van der Waals surface area contributed by atoms with E-state index in [4.69, 9.17) is 4.74 Å². The van der Waals surface area contributed by atoms with E-state index in [0.717, 1.165) is 0 Å². The Kier molecular flexibility index (Phi) is 3.18. The molecule has 2 atom stereocenters. The molecule has 0 aromatic heterocycles. The molecular weight excluding hydrogens is 280 g/mol. The van der Waals surface area contributed by atoms with E-state index in [2.05, 4.69) is 5.32 Å². The van der Waals surface area contributed by atoms with Gasteiger partial charge in [-0.25, -0.2) is 8.42 Å². The minimum absolute atomic E-state index is 0.0529. The second kappa shape index (κ2) is 4.75. The third kappa shape index (κ3) is 2.06. The lowest BCUT2D eigenvalue weighted by Crippen LogP contribution is -2.38. The highest BCUT2D eigenvalue weighted by Gasteiger charge is 2.46. The largest absolute Gasteiger partial charge is 0.497 e. The zero-order valence-corrected chi connectivity index (χ0v) is 11.9. The molecule has 0 spiro atoms. The molecule has 2 aliphatic heterocycles. The summed E-state index contributed by atoms with van der Waals surface area (Å²) in [6, 6.07) is 6.09. The molecule has 0 bridgehead atoms. The van der Waals surface area contributed by atoms with Crippen LogP contribution in [0.15, 0.2) is 29.2 Å². The van der Waals surface area contributed by atoms with E-state index in [0.29, 0.717) is 18.7 Å². The standard InChI is InChI=1S/C13H16N2O4S/c1-19-9-3-2-4-10(7-9)20(17,18)15-6-5-11-12(15)8-13(16)14-11/h2-4,7,11-12H,5-6,8H2,1H3,(H,14,16).